The molecule has 0 bridgehead atoms. The minimum absolute atomic E-state index is 0.0100. The Labute approximate surface area is 108 Å². The average Bonchev–Trinajstić information content (AvgIpc) is 2.19. The molecule has 2 N–H and O–H groups in total. The van der Waals surface area contributed by atoms with Crippen LogP contribution in [0.25, 0.3) is 0 Å². The molecule has 0 amide bonds. The monoisotopic (exact) mass is 327 g/mol. The molecule has 4 nitrogen and oxygen atoms in total. The predicted molar refractivity (Wildman–Crippen MR) is 66.0 cm³/mol. The van der Waals surface area contributed by atoms with Crippen LogP contribution in [0.3, 0.4) is 0 Å². The fourth-order valence-electron chi connectivity index (χ4n) is 0.991. The lowest BCUT2D eigenvalue weighted by Gasteiger charge is -2.09. The Bertz CT molecular complexity index is 476. The third kappa shape index (κ3) is 3.71. The molecule has 0 saturated carbocycles. The second-order valence-electron chi connectivity index (χ2n) is 3.28. The normalized spacial score (nSPS) is 13.8. The van der Waals surface area contributed by atoms with Gasteiger partial charge in [-0.25, -0.2) is 13.1 Å². The van der Waals surface area contributed by atoms with Crippen LogP contribution in [-0.4, -0.2) is 26.2 Å². The summed E-state index contributed by atoms with van der Waals surface area (Å²) in [6.45, 7) is 1.44. The van der Waals surface area contributed by atoms with E-state index in [1.165, 1.54) is 19.1 Å². The molecule has 0 saturated heterocycles. The van der Waals surface area contributed by atoms with Crippen molar-refractivity contribution in [3.05, 3.63) is 27.7 Å². The molecule has 1 aromatic rings. The summed E-state index contributed by atoms with van der Waals surface area (Å²) in [5.41, 5.74) is 0. The van der Waals surface area contributed by atoms with Gasteiger partial charge in [0.05, 0.1) is 11.1 Å². The number of rotatable bonds is 4. The number of aliphatic hydroxyl groups excluding tert-OH is 1. The molecule has 0 aromatic heterocycles. The lowest BCUT2D eigenvalue weighted by molar-refractivity contribution is 0.198. The SMILES string of the molecule is CC(O)CNS(=O)(=O)c1cc(Br)ccc1Cl. The van der Waals surface area contributed by atoms with Gasteiger partial charge in [0.1, 0.15) is 4.90 Å². The summed E-state index contributed by atoms with van der Waals surface area (Å²) in [7, 11) is -3.68. The van der Waals surface area contributed by atoms with Crippen LogP contribution in [0.1, 0.15) is 6.92 Å². The summed E-state index contributed by atoms with van der Waals surface area (Å²) in [6.07, 6.45) is -0.749. The number of hydrogen-bond donors (Lipinski definition) is 2. The summed E-state index contributed by atoms with van der Waals surface area (Å²) in [5.74, 6) is 0. The molecule has 16 heavy (non-hydrogen) atoms. The van der Waals surface area contributed by atoms with Crippen molar-refractivity contribution in [2.45, 2.75) is 17.9 Å². The standard InChI is InChI=1S/C9H11BrClNO3S/c1-6(13)5-12-16(14,15)9-4-7(10)2-3-8(9)11/h2-4,6,12-13H,5H2,1H3. The van der Waals surface area contributed by atoms with Gasteiger partial charge >= 0.3 is 0 Å². The molecule has 0 heterocycles. The first-order chi connectivity index (χ1) is 7.33. The third-order valence-electron chi connectivity index (χ3n) is 1.75. The van der Waals surface area contributed by atoms with Crippen LogP contribution >= 0.6 is 27.5 Å². The second kappa shape index (κ2) is 5.46. The van der Waals surface area contributed by atoms with Crippen LogP contribution in [0.15, 0.2) is 27.6 Å². The number of halogens is 2. The maximum Gasteiger partial charge on any atom is 0.242 e. The van der Waals surface area contributed by atoms with Gasteiger partial charge in [0.2, 0.25) is 10.0 Å². The molecule has 1 unspecified atom stereocenters. The van der Waals surface area contributed by atoms with Crippen molar-refractivity contribution < 1.29 is 13.5 Å². The van der Waals surface area contributed by atoms with Gasteiger partial charge < -0.3 is 5.11 Å². The second-order valence-corrected chi connectivity index (χ2v) is 6.33. The van der Waals surface area contributed by atoms with Crippen LogP contribution in [-0.2, 0) is 10.0 Å². The van der Waals surface area contributed by atoms with E-state index in [1.807, 2.05) is 0 Å². The van der Waals surface area contributed by atoms with Crippen LogP contribution in [0, 0.1) is 0 Å². The minimum atomic E-state index is -3.68. The number of hydrogen-bond acceptors (Lipinski definition) is 3. The zero-order valence-corrected chi connectivity index (χ0v) is 11.6. The summed E-state index contributed by atoms with van der Waals surface area (Å²) in [6, 6.07) is 4.55. The van der Waals surface area contributed by atoms with Crippen molar-refractivity contribution in [1.29, 1.82) is 0 Å². The molecule has 0 spiro atoms. The third-order valence-corrected chi connectivity index (χ3v) is 4.15. The Morgan fingerprint density at radius 3 is 2.75 bits per heavy atom. The zero-order valence-electron chi connectivity index (χ0n) is 8.44. The Morgan fingerprint density at radius 1 is 1.56 bits per heavy atom. The number of nitrogens with one attached hydrogen (secondary N) is 1. The molecular formula is C9H11BrClNO3S. The first-order valence-corrected chi connectivity index (χ1v) is 7.11. The molecule has 1 aromatic carbocycles. The highest BCUT2D eigenvalue weighted by Crippen LogP contribution is 2.24. The van der Waals surface area contributed by atoms with Crippen molar-refractivity contribution in [1.82, 2.24) is 4.72 Å². The van der Waals surface area contributed by atoms with E-state index in [1.54, 1.807) is 6.07 Å². The Morgan fingerprint density at radius 2 is 2.19 bits per heavy atom. The Balaban J connectivity index is 3.02. The van der Waals surface area contributed by atoms with Gasteiger partial charge in [-0.1, -0.05) is 27.5 Å². The van der Waals surface area contributed by atoms with Crippen LogP contribution < -0.4 is 4.72 Å². The van der Waals surface area contributed by atoms with E-state index < -0.39 is 16.1 Å². The maximum atomic E-state index is 11.8. The quantitative estimate of drug-likeness (QED) is 0.885. The summed E-state index contributed by atoms with van der Waals surface area (Å²) < 4.78 is 26.4. The molecule has 1 rings (SSSR count). The van der Waals surface area contributed by atoms with Crippen LogP contribution in [0.2, 0.25) is 5.02 Å². The first kappa shape index (κ1) is 13.9. The van der Waals surface area contributed by atoms with E-state index in [0.717, 1.165) is 0 Å². The largest absolute Gasteiger partial charge is 0.392 e. The zero-order chi connectivity index (χ0) is 12.3. The fourth-order valence-corrected chi connectivity index (χ4v) is 3.15. The smallest absolute Gasteiger partial charge is 0.242 e. The lowest BCUT2D eigenvalue weighted by Crippen LogP contribution is -2.30. The Kier molecular flexibility index (Phi) is 4.75. The summed E-state index contributed by atoms with van der Waals surface area (Å²) in [5, 5.41) is 9.16. The van der Waals surface area contributed by atoms with Gasteiger partial charge in [0.15, 0.2) is 0 Å². The van der Waals surface area contributed by atoms with Crippen molar-refractivity contribution in [3.63, 3.8) is 0 Å². The molecule has 0 aliphatic rings. The van der Waals surface area contributed by atoms with Crippen LogP contribution in [0.4, 0.5) is 0 Å². The van der Waals surface area contributed by atoms with Crippen molar-refractivity contribution in [3.8, 4) is 0 Å². The van der Waals surface area contributed by atoms with Gasteiger partial charge in [-0.15, -0.1) is 0 Å². The van der Waals surface area contributed by atoms with Gasteiger partial charge in [0, 0.05) is 11.0 Å². The average molecular weight is 329 g/mol. The molecule has 90 valence electrons. The van der Waals surface area contributed by atoms with Gasteiger partial charge in [-0.05, 0) is 25.1 Å². The molecular weight excluding hydrogens is 318 g/mol. The topological polar surface area (TPSA) is 66.4 Å². The summed E-state index contributed by atoms with van der Waals surface area (Å²) >= 11 is 8.96. The molecule has 7 heteroatoms. The molecule has 0 radical (unpaired) electrons. The van der Waals surface area contributed by atoms with Crippen LogP contribution in [0.5, 0.6) is 0 Å². The van der Waals surface area contributed by atoms with Gasteiger partial charge in [-0.2, -0.15) is 0 Å². The molecule has 0 aliphatic carbocycles. The van der Waals surface area contributed by atoms with E-state index in [-0.39, 0.29) is 16.5 Å². The van der Waals surface area contributed by atoms with E-state index in [9.17, 15) is 8.42 Å². The van der Waals surface area contributed by atoms with E-state index >= 15 is 0 Å². The lowest BCUT2D eigenvalue weighted by atomic mass is 10.4. The predicted octanol–water partition coefficient (Wildman–Crippen LogP) is 1.76. The molecule has 0 aliphatic heterocycles. The highest BCUT2D eigenvalue weighted by Gasteiger charge is 2.18. The van der Waals surface area contributed by atoms with Crippen molar-refractivity contribution in [2.24, 2.45) is 0 Å². The van der Waals surface area contributed by atoms with Gasteiger partial charge in [-0.3, -0.25) is 0 Å². The van der Waals surface area contributed by atoms with Crippen molar-refractivity contribution in [2.75, 3.05) is 6.54 Å². The number of benzene rings is 1. The van der Waals surface area contributed by atoms with E-state index in [0.29, 0.717) is 4.47 Å². The summed E-state index contributed by atoms with van der Waals surface area (Å²) in [4.78, 5) is -0.0100. The molecule has 1 atom stereocenters. The Hall–Kier alpha value is -0.140. The fraction of sp³-hybridized carbons (Fsp3) is 0.333. The van der Waals surface area contributed by atoms with E-state index in [2.05, 4.69) is 20.7 Å². The minimum Gasteiger partial charge on any atom is -0.392 e. The number of aliphatic hydroxyl groups is 1. The first-order valence-electron chi connectivity index (χ1n) is 4.45. The maximum absolute atomic E-state index is 11.8. The molecule has 0 fully saturated rings. The van der Waals surface area contributed by atoms with Gasteiger partial charge in [0.25, 0.3) is 0 Å². The number of sulfonamides is 1. The highest BCUT2D eigenvalue weighted by atomic mass is 79.9. The van der Waals surface area contributed by atoms with Crippen molar-refractivity contribution >= 4 is 37.6 Å². The van der Waals surface area contributed by atoms with E-state index in [4.69, 9.17) is 16.7 Å². The highest BCUT2D eigenvalue weighted by molar-refractivity contribution is 9.10.